The molecule has 2 atom stereocenters. The van der Waals surface area contributed by atoms with Gasteiger partial charge in [0.05, 0.1) is 10.4 Å². The van der Waals surface area contributed by atoms with Gasteiger partial charge in [0.1, 0.15) is 0 Å². The van der Waals surface area contributed by atoms with E-state index in [1.54, 1.807) is 11.5 Å². The maximum atomic E-state index is 12.6. The molecule has 1 aromatic rings. The quantitative estimate of drug-likeness (QED) is 0.572. The molecular formula is C17H23BrNO3+. The maximum absolute atomic E-state index is 12.6. The number of carbonyl (C=O) groups is 2. The summed E-state index contributed by atoms with van der Waals surface area (Å²) in [5.41, 5.74) is -0.992. The van der Waals surface area contributed by atoms with E-state index in [0.29, 0.717) is 12.3 Å². The Morgan fingerprint density at radius 2 is 2.27 bits per heavy atom. The van der Waals surface area contributed by atoms with Gasteiger partial charge in [-0.25, -0.2) is 0 Å². The average Bonchev–Trinajstić information content (AvgIpc) is 2.72. The third-order valence-electron chi connectivity index (χ3n) is 4.13. The molecule has 22 heavy (non-hydrogen) atoms. The summed E-state index contributed by atoms with van der Waals surface area (Å²) in [6.45, 7) is 6.21. The van der Waals surface area contributed by atoms with Crippen LogP contribution in [0.5, 0.6) is 0 Å². The van der Waals surface area contributed by atoms with E-state index in [1.165, 1.54) is 0 Å². The lowest BCUT2D eigenvalue weighted by Gasteiger charge is -2.19. The zero-order valence-corrected chi connectivity index (χ0v) is 14.9. The highest BCUT2D eigenvalue weighted by atomic mass is 79.9. The molecule has 1 fully saturated rings. The van der Waals surface area contributed by atoms with Crippen molar-refractivity contribution >= 4 is 27.7 Å². The van der Waals surface area contributed by atoms with Gasteiger partial charge in [0.2, 0.25) is 12.3 Å². The van der Waals surface area contributed by atoms with E-state index in [4.69, 9.17) is 4.74 Å². The Kier molecular flexibility index (Phi) is 5.37. The number of hydrogen-bond donors (Lipinski definition) is 0. The van der Waals surface area contributed by atoms with Crippen LogP contribution in [0, 0.1) is 11.8 Å². The van der Waals surface area contributed by atoms with Crippen LogP contribution >= 0.6 is 15.9 Å². The summed E-state index contributed by atoms with van der Waals surface area (Å²) in [6, 6.07) is 3.77. The van der Waals surface area contributed by atoms with E-state index >= 15 is 0 Å². The number of pyridine rings is 1. The van der Waals surface area contributed by atoms with Crippen molar-refractivity contribution in [3.05, 3.63) is 29.0 Å². The van der Waals surface area contributed by atoms with Gasteiger partial charge in [0, 0.05) is 12.5 Å². The van der Waals surface area contributed by atoms with Crippen molar-refractivity contribution in [2.75, 3.05) is 0 Å². The van der Waals surface area contributed by atoms with Crippen molar-refractivity contribution in [1.82, 2.24) is 0 Å². The highest BCUT2D eigenvalue weighted by molar-refractivity contribution is 9.10. The summed E-state index contributed by atoms with van der Waals surface area (Å²) in [5.74, 6) is 0.114. The molecule has 120 valence electrons. The summed E-state index contributed by atoms with van der Waals surface area (Å²) in [4.78, 5) is 24.6. The molecule has 1 aromatic heterocycles. The lowest BCUT2D eigenvalue weighted by Crippen LogP contribution is -2.46. The number of nitrogens with zero attached hydrogens (tertiary/aromatic N) is 1. The predicted octanol–water partition coefficient (Wildman–Crippen LogP) is 3.06. The molecule has 0 N–H and O–H groups in total. The molecule has 4 nitrogen and oxygen atoms in total. The summed E-state index contributed by atoms with van der Waals surface area (Å²) >= 11 is 3.38. The summed E-state index contributed by atoms with van der Waals surface area (Å²) in [5, 5.41) is 0. The van der Waals surface area contributed by atoms with Crippen molar-refractivity contribution in [3.8, 4) is 0 Å². The van der Waals surface area contributed by atoms with Gasteiger partial charge < -0.3 is 4.74 Å². The number of aromatic nitrogens is 1. The van der Waals surface area contributed by atoms with Gasteiger partial charge in [0.15, 0.2) is 18.0 Å². The number of halogens is 1. The first-order valence-corrected chi connectivity index (χ1v) is 8.50. The first-order valence-electron chi connectivity index (χ1n) is 7.71. The first-order chi connectivity index (χ1) is 10.3. The Bertz CT molecular complexity index is 573. The van der Waals surface area contributed by atoms with Crippen LogP contribution in [-0.4, -0.2) is 17.4 Å². The third kappa shape index (κ3) is 4.15. The van der Waals surface area contributed by atoms with E-state index in [9.17, 15) is 9.59 Å². The van der Waals surface area contributed by atoms with Crippen LogP contribution in [-0.2, 0) is 20.9 Å². The van der Waals surface area contributed by atoms with Gasteiger partial charge >= 0.3 is 5.97 Å². The molecule has 1 aliphatic rings. The minimum absolute atomic E-state index is 0.0593. The van der Waals surface area contributed by atoms with Gasteiger partial charge in [0.25, 0.3) is 0 Å². The molecular weight excluding hydrogens is 346 g/mol. The molecule has 1 saturated heterocycles. The lowest BCUT2D eigenvalue weighted by molar-refractivity contribution is -0.685. The number of ketones is 1. The van der Waals surface area contributed by atoms with Crippen molar-refractivity contribution < 1.29 is 18.9 Å². The molecule has 2 rings (SSSR count). The second-order valence-corrected chi connectivity index (χ2v) is 7.56. The minimum Gasteiger partial charge on any atom is -0.451 e. The number of rotatable bonds is 6. The van der Waals surface area contributed by atoms with Crippen molar-refractivity contribution in [3.63, 3.8) is 0 Å². The molecule has 2 heterocycles. The van der Waals surface area contributed by atoms with Crippen LogP contribution in [0.1, 0.15) is 40.0 Å². The fourth-order valence-electron chi connectivity index (χ4n) is 2.75. The average molecular weight is 369 g/mol. The zero-order valence-electron chi connectivity index (χ0n) is 13.3. The van der Waals surface area contributed by atoms with Crippen molar-refractivity contribution in [2.24, 2.45) is 11.8 Å². The number of hydrogen-bond acceptors (Lipinski definition) is 3. The van der Waals surface area contributed by atoms with Crippen LogP contribution in [0.25, 0.3) is 0 Å². The molecule has 5 heteroatoms. The molecule has 0 aromatic carbocycles. The number of cyclic esters (lactones) is 1. The first kappa shape index (κ1) is 17.1. The van der Waals surface area contributed by atoms with Crippen LogP contribution in [0.15, 0.2) is 29.0 Å². The fourth-order valence-corrected chi connectivity index (χ4v) is 3.16. The normalized spacial score (nSPS) is 24.6. The Hall–Kier alpha value is -1.23. The van der Waals surface area contributed by atoms with E-state index in [1.807, 2.05) is 24.5 Å². The van der Waals surface area contributed by atoms with Gasteiger partial charge in [-0.2, -0.15) is 4.57 Å². The number of esters is 1. The summed E-state index contributed by atoms with van der Waals surface area (Å²) < 4.78 is 8.15. The second-order valence-electron chi connectivity index (χ2n) is 6.64. The molecule has 0 unspecified atom stereocenters. The second kappa shape index (κ2) is 6.90. The Labute approximate surface area is 140 Å². The Morgan fingerprint density at radius 1 is 1.55 bits per heavy atom. The summed E-state index contributed by atoms with van der Waals surface area (Å²) in [7, 11) is 0. The molecule has 1 aliphatic heterocycles. The highest BCUT2D eigenvalue weighted by Gasteiger charge is 2.49. The number of ether oxygens (including phenoxy) is 1. The van der Waals surface area contributed by atoms with E-state index in [2.05, 4.69) is 29.8 Å². The Morgan fingerprint density at radius 3 is 2.91 bits per heavy atom. The van der Waals surface area contributed by atoms with Gasteiger partial charge in [-0.1, -0.05) is 20.3 Å². The molecule has 0 saturated carbocycles. The van der Waals surface area contributed by atoms with Crippen molar-refractivity contribution in [2.45, 2.75) is 52.2 Å². The van der Waals surface area contributed by atoms with E-state index in [0.717, 1.165) is 17.3 Å². The zero-order chi connectivity index (χ0) is 16.3. The molecule has 0 amide bonds. The molecule has 0 spiro atoms. The third-order valence-corrected chi connectivity index (χ3v) is 4.59. The van der Waals surface area contributed by atoms with Crippen LogP contribution in [0.2, 0.25) is 0 Å². The smallest absolute Gasteiger partial charge is 0.310 e. The van der Waals surface area contributed by atoms with E-state index < -0.39 is 5.60 Å². The van der Waals surface area contributed by atoms with Crippen molar-refractivity contribution in [1.29, 1.82) is 0 Å². The Balaban J connectivity index is 2.01. The van der Waals surface area contributed by atoms with Gasteiger partial charge in [-0.3, -0.25) is 9.59 Å². The highest BCUT2D eigenvalue weighted by Crippen LogP contribution is 2.35. The van der Waals surface area contributed by atoms with Gasteiger partial charge in [-0.05, 0) is 41.3 Å². The summed E-state index contributed by atoms with van der Waals surface area (Å²) in [6.07, 6.45) is 5.94. The standard InChI is InChI=1S/C17H23BrNO3/c1-12(2)6-7-13-9-17(3,22-16(13)21)15(20)11-19-8-4-5-14(18)10-19/h4-5,8,10,12-13H,6-7,9,11H2,1-3H3/q+1/t13-,17-/m0/s1. The molecule has 0 aliphatic carbocycles. The monoisotopic (exact) mass is 368 g/mol. The largest absolute Gasteiger partial charge is 0.451 e. The lowest BCUT2D eigenvalue weighted by atomic mass is 9.88. The van der Waals surface area contributed by atoms with Gasteiger partial charge in [-0.15, -0.1) is 0 Å². The number of Topliss-reactive ketones (excluding diaryl/α,β-unsaturated/α-hetero) is 1. The fraction of sp³-hybridized carbons (Fsp3) is 0.588. The SMILES string of the molecule is CC(C)CC[C@H]1C[C@@](C)(C(=O)C[n+]2cccc(Br)c2)OC1=O. The predicted molar refractivity (Wildman–Crippen MR) is 86.0 cm³/mol. The molecule has 0 radical (unpaired) electrons. The number of carbonyl (C=O) groups excluding carboxylic acids is 2. The topological polar surface area (TPSA) is 47.2 Å². The minimum atomic E-state index is -0.992. The maximum Gasteiger partial charge on any atom is 0.310 e. The van der Waals surface area contributed by atoms with Crippen LogP contribution < -0.4 is 4.57 Å². The van der Waals surface area contributed by atoms with Crippen LogP contribution in [0.3, 0.4) is 0 Å². The van der Waals surface area contributed by atoms with E-state index in [-0.39, 0.29) is 24.2 Å². The van der Waals surface area contributed by atoms with Crippen LogP contribution in [0.4, 0.5) is 0 Å². The molecule has 0 bridgehead atoms.